The fourth-order valence-corrected chi connectivity index (χ4v) is 2.51. The first-order valence-electron chi connectivity index (χ1n) is 4.37. The fraction of sp³-hybridized carbons (Fsp3) is 0.778. The average molecular weight is 169 g/mol. The van der Waals surface area contributed by atoms with E-state index < -0.39 is 0 Å². The summed E-state index contributed by atoms with van der Waals surface area (Å²) in [6.45, 7) is 5.60. The van der Waals surface area contributed by atoms with E-state index in [1.807, 2.05) is 0 Å². The van der Waals surface area contributed by atoms with Gasteiger partial charge in [0.15, 0.2) is 0 Å². The summed E-state index contributed by atoms with van der Waals surface area (Å²) in [5.41, 5.74) is 1.01. The highest BCUT2D eigenvalue weighted by Gasteiger charge is 2.48. The van der Waals surface area contributed by atoms with E-state index in [2.05, 4.69) is 11.5 Å². The third-order valence-corrected chi connectivity index (χ3v) is 3.01. The molecule has 3 nitrogen and oxygen atoms in total. The fourth-order valence-electron chi connectivity index (χ4n) is 2.51. The van der Waals surface area contributed by atoms with Gasteiger partial charge >= 0.3 is 0 Å². The van der Waals surface area contributed by atoms with Crippen molar-refractivity contribution in [1.82, 2.24) is 4.90 Å². The Balaban J connectivity index is 2.21. The summed E-state index contributed by atoms with van der Waals surface area (Å²) in [4.78, 5) is 2.15. The van der Waals surface area contributed by atoms with E-state index in [9.17, 15) is 10.2 Å². The smallest absolute Gasteiger partial charge is 0.0686 e. The van der Waals surface area contributed by atoms with Crippen LogP contribution in [0.5, 0.6) is 0 Å². The van der Waals surface area contributed by atoms with Crippen molar-refractivity contribution in [2.75, 3.05) is 19.7 Å². The number of rotatable bonds is 1. The van der Waals surface area contributed by atoms with E-state index in [0.717, 1.165) is 13.0 Å². The van der Waals surface area contributed by atoms with Crippen LogP contribution in [-0.4, -0.2) is 46.5 Å². The normalized spacial score (nSPS) is 42.2. The number of nitrogens with zero attached hydrogens (tertiary/aromatic N) is 1. The molecular weight excluding hydrogens is 154 g/mol. The second-order valence-corrected chi connectivity index (χ2v) is 4.05. The highest BCUT2D eigenvalue weighted by Crippen LogP contribution is 2.40. The van der Waals surface area contributed by atoms with E-state index in [1.165, 1.54) is 5.57 Å². The number of β-amino-alcohol motifs (C(OH)–C–C–N with tert-alkyl or cyclic N) is 1. The van der Waals surface area contributed by atoms with Gasteiger partial charge in [-0.2, -0.15) is 0 Å². The van der Waals surface area contributed by atoms with Crippen LogP contribution in [0.2, 0.25) is 0 Å². The van der Waals surface area contributed by atoms with Crippen molar-refractivity contribution >= 4 is 0 Å². The highest BCUT2D eigenvalue weighted by molar-refractivity contribution is 5.18. The number of aliphatic hydroxyl groups excluding tert-OH is 2. The van der Waals surface area contributed by atoms with Crippen LogP contribution in [0, 0.1) is 0 Å². The highest BCUT2D eigenvalue weighted by atomic mass is 16.3. The van der Waals surface area contributed by atoms with Crippen LogP contribution in [0.15, 0.2) is 12.2 Å². The van der Waals surface area contributed by atoms with Crippen LogP contribution >= 0.6 is 0 Å². The van der Waals surface area contributed by atoms with E-state index in [0.29, 0.717) is 13.0 Å². The molecule has 0 aromatic heterocycles. The van der Waals surface area contributed by atoms with Crippen LogP contribution in [0.25, 0.3) is 0 Å². The molecule has 0 bridgehead atoms. The van der Waals surface area contributed by atoms with Gasteiger partial charge in [-0.1, -0.05) is 12.2 Å². The zero-order chi connectivity index (χ0) is 8.77. The Labute approximate surface area is 72.3 Å². The Bertz CT molecular complexity index is 217. The van der Waals surface area contributed by atoms with Gasteiger partial charge in [0, 0.05) is 13.1 Å². The molecule has 12 heavy (non-hydrogen) atoms. The van der Waals surface area contributed by atoms with Crippen LogP contribution in [0.1, 0.15) is 12.8 Å². The molecule has 0 amide bonds. The molecule has 2 rings (SSSR count). The maximum Gasteiger partial charge on any atom is 0.0686 e. The predicted octanol–water partition coefficient (Wildman–Crippen LogP) is -0.256. The number of hydrogen-bond acceptors (Lipinski definition) is 3. The SMILES string of the molecule is C=C1CN2C[C@@H](O)C[C@@]2(CO)C1. The molecule has 0 saturated carbocycles. The van der Waals surface area contributed by atoms with Gasteiger partial charge in [-0.25, -0.2) is 0 Å². The van der Waals surface area contributed by atoms with Crippen molar-refractivity contribution in [2.45, 2.75) is 24.5 Å². The number of hydrogen-bond donors (Lipinski definition) is 2. The van der Waals surface area contributed by atoms with Gasteiger partial charge < -0.3 is 10.2 Å². The van der Waals surface area contributed by atoms with Crippen LogP contribution in [0.4, 0.5) is 0 Å². The van der Waals surface area contributed by atoms with E-state index >= 15 is 0 Å². The molecule has 0 radical (unpaired) electrons. The van der Waals surface area contributed by atoms with Crippen molar-refractivity contribution in [1.29, 1.82) is 0 Å². The van der Waals surface area contributed by atoms with Gasteiger partial charge in [0.05, 0.1) is 18.2 Å². The first kappa shape index (κ1) is 8.23. The summed E-state index contributed by atoms with van der Waals surface area (Å²) in [6, 6.07) is 0. The largest absolute Gasteiger partial charge is 0.394 e. The third kappa shape index (κ3) is 1.01. The van der Waals surface area contributed by atoms with E-state index in [4.69, 9.17) is 0 Å². The number of aliphatic hydroxyl groups is 2. The topological polar surface area (TPSA) is 43.7 Å². The molecule has 3 heteroatoms. The summed E-state index contributed by atoms with van der Waals surface area (Å²) in [7, 11) is 0. The quantitative estimate of drug-likeness (QED) is 0.532. The Morgan fingerprint density at radius 2 is 2.42 bits per heavy atom. The summed E-state index contributed by atoms with van der Waals surface area (Å²) >= 11 is 0. The average Bonchev–Trinajstić information content (AvgIpc) is 2.40. The molecule has 2 atom stereocenters. The predicted molar refractivity (Wildman–Crippen MR) is 45.8 cm³/mol. The van der Waals surface area contributed by atoms with E-state index in [1.54, 1.807) is 0 Å². The second kappa shape index (κ2) is 2.55. The van der Waals surface area contributed by atoms with Crippen LogP contribution < -0.4 is 0 Å². The molecule has 0 unspecified atom stereocenters. The Hall–Kier alpha value is -0.380. The summed E-state index contributed by atoms with van der Waals surface area (Å²) < 4.78 is 0. The summed E-state index contributed by atoms with van der Waals surface area (Å²) in [6.07, 6.45) is 1.29. The first-order chi connectivity index (χ1) is 5.66. The summed E-state index contributed by atoms with van der Waals surface area (Å²) in [5.74, 6) is 0. The lowest BCUT2D eigenvalue weighted by atomic mass is 9.93. The molecule has 2 aliphatic rings. The van der Waals surface area contributed by atoms with Gasteiger partial charge in [0.2, 0.25) is 0 Å². The Kier molecular flexibility index (Phi) is 1.75. The lowest BCUT2D eigenvalue weighted by molar-refractivity contribution is 0.0992. The molecular formula is C9H15NO2. The van der Waals surface area contributed by atoms with Crippen molar-refractivity contribution in [2.24, 2.45) is 0 Å². The van der Waals surface area contributed by atoms with Crippen LogP contribution in [0.3, 0.4) is 0 Å². The lowest BCUT2D eigenvalue weighted by Gasteiger charge is -2.28. The van der Waals surface area contributed by atoms with Gasteiger partial charge in [0.25, 0.3) is 0 Å². The van der Waals surface area contributed by atoms with Crippen LogP contribution in [-0.2, 0) is 0 Å². The minimum absolute atomic E-state index is 0.142. The third-order valence-electron chi connectivity index (χ3n) is 3.01. The van der Waals surface area contributed by atoms with E-state index in [-0.39, 0.29) is 18.2 Å². The molecule has 68 valence electrons. The van der Waals surface area contributed by atoms with Gasteiger partial charge in [-0.15, -0.1) is 0 Å². The summed E-state index contributed by atoms with van der Waals surface area (Å²) in [5, 5.41) is 18.7. The van der Waals surface area contributed by atoms with Crippen molar-refractivity contribution in [3.63, 3.8) is 0 Å². The van der Waals surface area contributed by atoms with Gasteiger partial charge in [-0.3, -0.25) is 4.90 Å². The molecule has 0 spiro atoms. The lowest BCUT2D eigenvalue weighted by Crippen LogP contribution is -2.41. The molecule has 2 saturated heterocycles. The van der Waals surface area contributed by atoms with Crippen molar-refractivity contribution in [3.05, 3.63) is 12.2 Å². The molecule has 2 aliphatic heterocycles. The molecule has 0 aromatic rings. The molecule has 0 aromatic carbocycles. The monoisotopic (exact) mass is 169 g/mol. The molecule has 0 aliphatic carbocycles. The molecule has 2 N–H and O–H groups in total. The van der Waals surface area contributed by atoms with Gasteiger partial charge in [0.1, 0.15) is 0 Å². The standard InChI is InChI=1S/C9H15NO2/c1-7-2-9(6-11)3-8(12)5-10(9)4-7/h8,11-12H,1-6H2/t8-,9+/m0/s1. The second-order valence-electron chi connectivity index (χ2n) is 4.05. The van der Waals surface area contributed by atoms with Crippen molar-refractivity contribution < 1.29 is 10.2 Å². The minimum Gasteiger partial charge on any atom is -0.394 e. The zero-order valence-corrected chi connectivity index (χ0v) is 7.16. The van der Waals surface area contributed by atoms with Crippen molar-refractivity contribution in [3.8, 4) is 0 Å². The first-order valence-corrected chi connectivity index (χ1v) is 4.37. The molecule has 2 fully saturated rings. The maximum absolute atomic E-state index is 9.44. The maximum atomic E-state index is 9.44. The Morgan fingerprint density at radius 1 is 1.67 bits per heavy atom. The number of fused-ring (bicyclic) bond motifs is 1. The van der Waals surface area contributed by atoms with Gasteiger partial charge in [-0.05, 0) is 12.8 Å². The Morgan fingerprint density at radius 3 is 3.00 bits per heavy atom. The molecule has 2 heterocycles. The minimum atomic E-state index is -0.259. The zero-order valence-electron chi connectivity index (χ0n) is 7.16.